The Morgan fingerprint density at radius 3 is 2.18 bits per heavy atom. The Kier molecular flexibility index (Phi) is 6.58. The van der Waals surface area contributed by atoms with Crippen molar-refractivity contribution in [2.24, 2.45) is 0 Å². The molecule has 2 aromatic rings. The van der Waals surface area contributed by atoms with Gasteiger partial charge in [-0.15, -0.1) is 0 Å². The minimum Gasteiger partial charge on any atom is -0.446 e. The largest absolute Gasteiger partial charge is 0.446 e. The van der Waals surface area contributed by atoms with Gasteiger partial charge in [0.15, 0.2) is 9.84 Å². The third-order valence-corrected chi connectivity index (χ3v) is 7.83. The second-order valence-electron chi connectivity index (χ2n) is 9.17. The fraction of sp³-hybridized carbons (Fsp3) is 0.440. The summed E-state index contributed by atoms with van der Waals surface area (Å²) < 4.78 is 28.9. The predicted molar refractivity (Wildman–Crippen MR) is 134 cm³/mol. The van der Waals surface area contributed by atoms with Gasteiger partial charge < -0.3 is 14.5 Å². The molecule has 1 fully saturated rings. The number of hydrogen-bond donors (Lipinski definition) is 0. The standard InChI is InChI=1S/C25H31N3O5S/c1-17(2)33-25(30)27-16-18(3)28(19(4)29)23-10-7-21(15-24(23)27)20-5-8-22(9-6-20)26-11-13-34(31,32)14-12-26/h5-10,15,17-18H,11-14,16H2,1-4H3. The second-order valence-corrected chi connectivity index (χ2v) is 11.5. The molecule has 2 amide bonds. The number of hydrogen-bond acceptors (Lipinski definition) is 6. The first-order valence-electron chi connectivity index (χ1n) is 11.5. The number of carbonyl (C=O) groups excluding carboxylic acids is 2. The molecule has 0 bridgehead atoms. The Morgan fingerprint density at radius 2 is 1.59 bits per heavy atom. The third-order valence-electron chi connectivity index (χ3n) is 6.22. The van der Waals surface area contributed by atoms with Gasteiger partial charge in [0.2, 0.25) is 5.91 Å². The first-order chi connectivity index (χ1) is 16.1. The summed E-state index contributed by atoms with van der Waals surface area (Å²) in [5.41, 5.74) is 4.17. The molecular formula is C25H31N3O5S. The molecule has 0 radical (unpaired) electrons. The van der Waals surface area contributed by atoms with Crippen molar-refractivity contribution >= 4 is 38.9 Å². The molecule has 2 aliphatic heterocycles. The molecule has 9 heteroatoms. The summed E-state index contributed by atoms with van der Waals surface area (Å²) in [5, 5.41) is 0. The van der Waals surface area contributed by atoms with E-state index >= 15 is 0 Å². The van der Waals surface area contributed by atoms with E-state index in [-0.39, 0.29) is 29.6 Å². The van der Waals surface area contributed by atoms with Gasteiger partial charge in [0, 0.05) is 32.2 Å². The Morgan fingerprint density at radius 1 is 0.971 bits per heavy atom. The zero-order valence-electron chi connectivity index (χ0n) is 20.0. The number of amides is 2. The number of sulfone groups is 1. The molecule has 1 atom stereocenters. The van der Waals surface area contributed by atoms with Crippen LogP contribution in [0.25, 0.3) is 11.1 Å². The molecule has 1 saturated heterocycles. The Labute approximate surface area is 201 Å². The third kappa shape index (κ3) is 4.89. The molecule has 2 heterocycles. The van der Waals surface area contributed by atoms with E-state index in [4.69, 9.17) is 4.74 Å². The zero-order valence-corrected chi connectivity index (χ0v) is 20.8. The van der Waals surface area contributed by atoms with Crippen LogP contribution in [0.1, 0.15) is 27.7 Å². The van der Waals surface area contributed by atoms with E-state index < -0.39 is 15.9 Å². The second kappa shape index (κ2) is 9.29. The molecule has 4 rings (SSSR count). The number of nitrogens with zero attached hydrogens (tertiary/aromatic N) is 3. The Bertz CT molecular complexity index is 1180. The first kappa shape index (κ1) is 24.1. The van der Waals surface area contributed by atoms with E-state index in [2.05, 4.69) is 4.90 Å². The van der Waals surface area contributed by atoms with Crippen LogP contribution < -0.4 is 14.7 Å². The zero-order chi connectivity index (χ0) is 24.6. The lowest BCUT2D eigenvalue weighted by molar-refractivity contribution is -0.117. The van der Waals surface area contributed by atoms with Crippen LogP contribution >= 0.6 is 0 Å². The van der Waals surface area contributed by atoms with Gasteiger partial charge in [-0.3, -0.25) is 9.69 Å². The molecule has 0 saturated carbocycles. The van der Waals surface area contributed by atoms with Gasteiger partial charge in [-0.25, -0.2) is 13.2 Å². The molecule has 0 aliphatic carbocycles. The highest BCUT2D eigenvalue weighted by Gasteiger charge is 2.35. The highest BCUT2D eigenvalue weighted by Crippen LogP contribution is 2.39. The van der Waals surface area contributed by atoms with Crippen molar-refractivity contribution in [2.75, 3.05) is 45.8 Å². The molecule has 1 unspecified atom stereocenters. The van der Waals surface area contributed by atoms with Gasteiger partial charge in [0.1, 0.15) is 0 Å². The maximum Gasteiger partial charge on any atom is 0.414 e. The Hall–Kier alpha value is -3.07. The summed E-state index contributed by atoms with van der Waals surface area (Å²) in [6.45, 7) is 8.39. The van der Waals surface area contributed by atoms with Gasteiger partial charge in [-0.2, -0.15) is 0 Å². The summed E-state index contributed by atoms with van der Waals surface area (Å²) in [7, 11) is -2.93. The first-order valence-corrected chi connectivity index (χ1v) is 13.4. The monoisotopic (exact) mass is 485 g/mol. The highest BCUT2D eigenvalue weighted by atomic mass is 32.2. The Balaban J connectivity index is 1.65. The van der Waals surface area contributed by atoms with Gasteiger partial charge >= 0.3 is 6.09 Å². The molecule has 0 N–H and O–H groups in total. The number of benzene rings is 2. The summed E-state index contributed by atoms with van der Waals surface area (Å²) in [5.74, 6) is 0.270. The predicted octanol–water partition coefficient (Wildman–Crippen LogP) is 3.69. The lowest BCUT2D eigenvalue weighted by Gasteiger charge is -2.40. The van der Waals surface area contributed by atoms with Gasteiger partial charge in [0.25, 0.3) is 0 Å². The fourth-order valence-corrected chi connectivity index (χ4v) is 5.76. The van der Waals surface area contributed by atoms with Crippen LogP contribution in [0.3, 0.4) is 0 Å². The number of ether oxygens (including phenoxy) is 1. The van der Waals surface area contributed by atoms with Crippen LogP contribution in [0, 0.1) is 0 Å². The van der Waals surface area contributed by atoms with Crippen LogP contribution in [0.5, 0.6) is 0 Å². The van der Waals surface area contributed by atoms with Crippen LogP contribution in [-0.2, 0) is 19.4 Å². The van der Waals surface area contributed by atoms with Crippen LogP contribution in [0.15, 0.2) is 42.5 Å². The van der Waals surface area contributed by atoms with Gasteiger partial charge in [-0.1, -0.05) is 18.2 Å². The van der Waals surface area contributed by atoms with E-state index in [1.807, 2.05) is 63.2 Å². The minimum absolute atomic E-state index is 0.0775. The van der Waals surface area contributed by atoms with Crippen LogP contribution in [0.2, 0.25) is 0 Å². The van der Waals surface area contributed by atoms with Gasteiger partial charge in [-0.05, 0) is 56.2 Å². The molecule has 0 aromatic heterocycles. The maximum atomic E-state index is 12.9. The summed E-state index contributed by atoms with van der Waals surface area (Å²) in [4.78, 5) is 30.6. The molecule has 2 aliphatic rings. The maximum absolute atomic E-state index is 12.9. The fourth-order valence-electron chi connectivity index (χ4n) is 4.56. The van der Waals surface area contributed by atoms with E-state index in [1.54, 1.807) is 9.80 Å². The molecule has 34 heavy (non-hydrogen) atoms. The van der Waals surface area contributed by atoms with Crippen LogP contribution in [0.4, 0.5) is 21.9 Å². The van der Waals surface area contributed by atoms with Crippen LogP contribution in [-0.4, -0.2) is 63.7 Å². The van der Waals surface area contributed by atoms with Crippen molar-refractivity contribution in [1.29, 1.82) is 0 Å². The summed E-state index contributed by atoms with van der Waals surface area (Å²) in [6.07, 6.45) is -0.684. The van der Waals surface area contributed by atoms with E-state index in [0.29, 0.717) is 31.0 Å². The summed E-state index contributed by atoms with van der Waals surface area (Å²) in [6, 6.07) is 13.5. The molecule has 2 aromatic carbocycles. The van der Waals surface area contributed by atoms with E-state index in [0.717, 1.165) is 16.8 Å². The summed E-state index contributed by atoms with van der Waals surface area (Å²) >= 11 is 0. The number of fused-ring (bicyclic) bond motifs is 1. The van der Waals surface area contributed by atoms with Crippen molar-refractivity contribution in [1.82, 2.24) is 0 Å². The normalized spacial score (nSPS) is 19.7. The molecule has 8 nitrogen and oxygen atoms in total. The lowest BCUT2D eigenvalue weighted by atomic mass is 10.0. The molecular weight excluding hydrogens is 454 g/mol. The van der Waals surface area contributed by atoms with Crippen molar-refractivity contribution in [2.45, 2.75) is 39.8 Å². The SMILES string of the molecule is CC(=O)N1c2ccc(-c3ccc(N4CCS(=O)(=O)CC4)cc3)cc2N(C(=O)OC(C)C)CC1C. The minimum atomic E-state index is -2.93. The smallest absolute Gasteiger partial charge is 0.414 e. The van der Waals surface area contributed by atoms with Crippen molar-refractivity contribution in [3.05, 3.63) is 42.5 Å². The van der Waals surface area contributed by atoms with Gasteiger partial charge in [0.05, 0.1) is 35.0 Å². The topological polar surface area (TPSA) is 87.2 Å². The van der Waals surface area contributed by atoms with E-state index in [1.165, 1.54) is 6.92 Å². The van der Waals surface area contributed by atoms with Crippen molar-refractivity contribution < 1.29 is 22.7 Å². The highest BCUT2D eigenvalue weighted by molar-refractivity contribution is 7.91. The quantitative estimate of drug-likeness (QED) is 0.659. The average Bonchev–Trinajstić information content (AvgIpc) is 2.77. The molecule has 0 spiro atoms. The molecule has 182 valence electrons. The van der Waals surface area contributed by atoms with Crippen molar-refractivity contribution in [3.8, 4) is 11.1 Å². The van der Waals surface area contributed by atoms with Crippen molar-refractivity contribution in [3.63, 3.8) is 0 Å². The lowest BCUT2D eigenvalue weighted by Crippen LogP contribution is -2.51. The number of anilines is 3. The average molecular weight is 486 g/mol. The number of rotatable bonds is 3. The number of carbonyl (C=O) groups is 2. The van der Waals surface area contributed by atoms with E-state index in [9.17, 15) is 18.0 Å².